The molecule has 0 amide bonds. The summed E-state index contributed by atoms with van der Waals surface area (Å²) in [7, 11) is 0. The van der Waals surface area contributed by atoms with Gasteiger partial charge in [0.25, 0.3) is 0 Å². The smallest absolute Gasteiger partial charge is 0.122 e. The Balaban J connectivity index is 2.49. The molecule has 0 bridgehead atoms. The zero-order valence-corrected chi connectivity index (χ0v) is 10.3. The second-order valence-electron chi connectivity index (χ2n) is 4.81. The minimum atomic E-state index is -0.439. The van der Waals surface area contributed by atoms with E-state index in [0.29, 0.717) is 5.02 Å². The highest BCUT2D eigenvalue weighted by Crippen LogP contribution is 2.43. The fraction of sp³-hybridized carbons (Fsp3) is 0.538. The summed E-state index contributed by atoms with van der Waals surface area (Å²) in [4.78, 5) is 0. The van der Waals surface area contributed by atoms with Crippen molar-refractivity contribution < 1.29 is 5.11 Å². The molecule has 0 heterocycles. The van der Waals surface area contributed by atoms with E-state index < -0.39 is 5.54 Å². The lowest BCUT2D eigenvalue weighted by Gasteiger charge is -2.35. The summed E-state index contributed by atoms with van der Waals surface area (Å²) >= 11 is 6.28. The quantitative estimate of drug-likeness (QED) is 0.788. The Bertz CT molecular complexity index is 397. The maximum Gasteiger partial charge on any atom is 0.122 e. The van der Waals surface area contributed by atoms with Gasteiger partial charge in [-0.2, -0.15) is 0 Å². The summed E-state index contributed by atoms with van der Waals surface area (Å²) in [6, 6.07) is 3.52. The van der Waals surface area contributed by atoms with E-state index in [2.05, 4.69) is 0 Å². The summed E-state index contributed by atoms with van der Waals surface area (Å²) < 4.78 is 0. The molecule has 2 rings (SSSR count). The molecule has 0 radical (unpaired) electrons. The second kappa shape index (κ2) is 4.27. The molecule has 1 aliphatic rings. The summed E-state index contributed by atoms with van der Waals surface area (Å²) in [5, 5.41) is 10.6. The van der Waals surface area contributed by atoms with Gasteiger partial charge in [-0.15, -0.1) is 0 Å². The maximum absolute atomic E-state index is 9.97. The molecule has 16 heavy (non-hydrogen) atoms. The van der Waals surface area contributed by atoms with Gasteiger partial charge < -0.3 is 10.8 Å². The highest BCUT2D eigenvalue weighted by Gasteiger charge is 2.34. The van der Waals surface area contributed by atoms with E-state index in [1.165, 1.54) is 6.42 Å². The number of aromatic hydroxyl groups is 1. The molecule has 1 saturated carbocycles. The van der Waals surface area contributed by atoms with E-state index in [4.69, 9.17) is 17.3 Å². The van der Waals surface area contributed by atoms with Gasteiger partial charge in [0.1, 0.15) is 5.75 Å². The molecular weight excluding hydrogens is 222 g/mol. The van der Waals surface area contributed by atoms with Gasteiger partial charge in [-0.25, -0.2) is 0 Å². The van der Waals surface area contributed by atoms with E-state index in [0.717, 1.165) is 36.8 Å². The molecule has 0 unspecified atom stereocenters. The molecule has 0 spiro atoms. The molecule has 88 valence electrons. The maximum atomic E-state index is 9.97. The predicted octanol–water partition coefficient (Wildman–Crippen LogP) is 3.47. The molecule has 1 aromatic carbocycles. The van der Waals surface area contributed by atoms with E-state index in [1.807, 2.05) is 13.0 Å². The molecule has 3 N–H and O–H groups in total. The first-order chi connectivity index (χ1) is 7.54. The number of aryl methyl sites for hydroxylation is 1. The number of nitrogens with two attached hydrogens (primary N) is 1. The molecular formula is C13H18ClNO. The highest BCUT2D eigenvalue weighted by molar-refractivity contribution is 6.32. The van der Waals surface area contributed by atoms with Crippen molar-refractivity contribution >= 4 is 11.6 Å². The Morgan fingerprint density at radius 3 is 2.50 bits per heavy atom. The molecule has 0 saturated heterocycles. The van der Waals surface area contributed by atoms with Crippen LogP contribution in [0.25, 0.3) is 0 Å². The van der Waals surface area contributed by atoms with Gasteiger partial charge in [0.2, 0.25) is 0 Å². The van der Waals surface area contributed by atoms with Crippen LogP contribution in [0.2, 0.25) is 5.02 Å². The van der Waals surface area contributed by atoms with Crippen LogP contribution in [0.15, 0.2) is 12.1 Å². The van der Waals surface area contributed by atoms with Gasteiger partial charge in [0, 0.05) is 11.1 Å². The van der Waals surface area contributed by atoms with E-state index in [-0.39, 0.29) is 5.75 Å². The number of hydrogen-bond acceptors (Lipinski definition) is 2. The Hall–Kier alpha value is -0.730. The summed E-state index contributed by atoms with van der Waals surface area (Å²) in [6.45, 7) is 1.94. The van der Waals surface area contributed by atoms with Gasteiger partial charge in [0.15, 0.2) is 0 Å². The third-order valence-corrected chi connectivity index (χ3v) is 4.04. The summed E-state index contributed by atoms with van der Waals surface area (Å²) in [5.74, 6) is 0.236. The van der Waals surface area contributed by atoms with Crippen molar-refractivity contribution in [1.82, 2.24) is 0 Å². The SMILES string of the molecule is Cc1ccc(O)c(C2(N)CCCCC2)c1Cl. The van der Waals surface area contributed by atoms with Crippen molar-refractivity contribution in [1.29, 1.82) is 0 Å². The third-order valence-electron chi connectivity index (χ3n) is 3.56. The number of hydrogen-bond donors (Lipinski definition) is 2. The minimum absolute atomic E-state index is 0.236. The standard InChI is InChI=1S/C13H18ClNO/c1-9-5-6-10(16)11(12(9)14)13(15)7-3-2-4-8-13/h5-6,16H,2-4,7-8,15H2,1H3. The summed E-state index contributed by atoms with van der Waals surface area (Å²) in [6.07, 6.45) is 5.26. The fourth-order valence-corrected chi connectivity index (χ4v) is 2.92. The zero-order valence-electron chi connectivity index (χ0n) is 9.59. The molecule has 1 aliphatic carbocycles. The third kappa shape index (κ3) is 1.92. The first-order valence-corrected chi connectivity index (χ1v) is 6.20. The van der Waals surface area contributed by atoms with E-state index >= 15 is 0 Å². The molecule has 0 atom stereocenters. The Labute approximate surface area is 101 Å². The Morgan fingerprint density at radius 1 is 1.25 bits per heavy atom. The van der Waals surface area contributed by atoms with Crippen LogP contribution in [0.1, 0.15) is 43.2 Å². The number of rotatable bonds is 1. The van der Waals surface area contributed by atoms with Crippen LogP contribution >= 0.6 is 11.6 Å². The van der Waals surface area contributed by atoms with Gasteiger partial charge in [-0.1, -0.05) is 36.9 Å². The fourth-order valence-electron chi connectivity index (χ4n) is 2.58. The van der Waals surface area contributed by atoms with Gasteiger partial charge in [0.05, 0.1) is 5.02 Å². The van der Waals surface area contributed by atoms with Crippen molar-refractivity contribution in [2.24, 2.45) is 5.73 Å². The lowest BCUT2D eigenvalue weighted by Crippen LogP contribution is -2.39. The number of phenolic OH excluding ortho intramolecular Hbond substituents is 1. The molecule has 1 fully saturated rings. The predicted molar refractivity (Wildman–Crippen MR) is 66.8 cm³/mol. The van der Waals surface area contributed by atoms with Crippen LogP contribution in [0.5, 0.6) is 5.75 Å². The minimum Gasteiger partial charge on any atom is -0.508 e. The first-order valence-electron chi connectivity index (χ1n) is 5.82. The zero-order chi connectivity index (χ0) is 11.8. The van der Waals surface area contributed by atoms with Crippen LogP contribution in [0.4, 0.5) is 0 Å². The van der Waals surface area contributed by atoms with Gasteiger partial charge in [-0.05, 0) is 31.4 Å². The number of benzene rings is 1. The average molecular weight is 240 g/mol. The van der Waals surface area contributed by atoms with Crippen molar-refractivity contribution in [3.05, 3.63) is 28.3 Å². The number of phenols is 1. The molecule has 3 heteroatoms. The van der Waals surface area contributed by atoms with Crippen LogP contribution in [0.3, 0.4) is 0 Å². The molecule has 2 nitrogen and oxygen atoms in total. The van der Waals surface area contributed by atoms with Crippen LogP contribution in [-0.2, 0) is 5.54 Å². The topological polar surface area (TPSA) is 46.2 Å². The molecule has 0 aliphatic heterocycles. The van der Waals surface area contributed by atoms with E-state index in [1.54, 1.807) is 6.07 Å². The van der Waals surface area contributed by atoms with Crippen molar-refractivity contribution in [2.45, 2.75) is 44.6 Å². The average Bonchev–Trinajstić information content (AvgIpc) is 2.25. The lowest BCUT2D eigenvalue weighted by atomic mass is 9.76. The van der Waals surface area contributed by atoms with Crippen LogP contribution in [-0.4, -0.2) is 5.11 Å². The van der Waals surface area contributed by atoms with Crippen molar-refractivity contribution in [2.75, 3.05) is 0 Å². The van der Waals surface area contributed by atoms with Gasteiger partial charge >= 0.3 is 0 Å². The van der Waals surface area contributed by atoms with Crippen molar-refractivity contribution in [3.63, 3.8) is 0 Å². The monoisotopic (exact) mass is 239 g/mol. The first kappa shape index (κ1) is 11.7. The molecule has 1 aromatic rings. The Morgan fingerprint density at radius 2 is 1.88 bits per heavy atom. The van der Waals surface area contributed by atoms with Crippen LogP contribution in [0, 0.1) is 6.92 Å². The number of halogens is 1. The normalized spacial score (nSPS) is 19.7. The largest absolute Gasteiger partial charge is 0.508 e. The van der Waals surface area contributed by atoms with Crippen LogP contribution < -0.4 is 5.73 Å². The van der Waals surface area contributed by atoms with Gasteiger partial charge in [-0.3, -0.25) is 0 Å². The second-order valence-corrected chi connectivity index (χ2v) is 5.19. The summed E-state index contributed by atoms with van der Waals surface area (Å²) in [5.41, 5.74) is 7.69. The van der Waals surface area contributed by atoms with Crippen molar-refractivity contribution in [3.8, 4) is 5.75 Å². The molecule has 0 aromatic heterocycles. The Kier molecular flexibility index (Phi) is 3.13. The lowest BCUT2D eigenvalue weighted by molar-refractivity contribution is 0.292. The highest BCUT2D eigenvalue weighted by atomic mass is 35.5. The van der Waals surface area contributed by atoms with E-state index in [9.17, 15) is 5.11 Å².